The SMILES string of the molecule is Cc1cc(C)c(C(c2ccc(N(c3cccc(-c4ccccc4-c4ccccc4)c3)c3ncc(-c4ccccc4)cn3)cc2)c2c(C)cc(C)cc2C)c(C)c1. The van der Waals surface area contributed by atoms with E-state index < -0.39 is 0 Å². The summed E-state index contributed by atoms with van der Waals surface area (Å²) in [7, 11) is 0. The maximum Gasteiger partial charge on any atom is 0.234 e. The van der Waals surface area contributed by atoms with Gasteiger partial charge in [-0.25, -0.2) is 9.97 Å². The second-order valence-corrected chi connectivity index (χ2v) is 15.1. The predicted molar refractivity (Wildman–Crippen MR) is 235 cm³/mol. The van der Waals surface area contributed by atoms with E-state index in [2.05, 4.69) is 186 Å². The first-order chi connectivity index (χ1) is 27.2. The summed E-state index contributed by atoms with van der Waals surface area (Å²) in [6.45, 7) is 13.4. The molecule has 0 atom stereocenters. The quantitative estimate of drug-likeness (QED) is 0.139. The molecule has 3 heteroatoms. The molecule has 0 amide bonds. The van der Waals surface area contributed by atoms with E-state index in [0.717, 1.165) is 28.1 Å². The third-order valence-electron chi connectivity index (χ3n) is 10.9. The molecule has 0 aliphatic heterocycles. The first-order valence-corrected chi connectivity index (χ1v) is 19.4. The van der Waals surface area contributed by atoms with Gasteiger partial charge in [-0.3, -0.25) is 4.90 Å². The van der Waals surface area contributed by atoms with E-state index in [0.29, 0.717) is 5.95 Å². The highest BCUT2D eigenvalue weighted by Crippen LogP contribution is 2.42. The lowest BCUT2D eigenvalue weighted by atomic mass is 9.77. The van der Waals surface area contributed by atoms with Crippen LogP contribution in [0.3, 0.4) is 0 Å². The summed E-state index contributed by atoms with van der Waals surface area (Å²) in [6.07, 6.45) is 3.85. The molecule has 0 aliphatic rings. The molecule has 8 aromatic rings. The minimum atomic E-state index is 0.0814. The van der Waals surface area contributed by atoms with Crippen molar-refractivity contribution in [3.8, 4) is 33.4 Å². The molecule has 0 saturated heterocycles. The first-order valence-electron chi connectivity index (χ1n) is 19.4. The van der Waals surface area contributed by atoms with Crippen LogP contribution in [0.4, 0.5) is 17.3 Å². The zero-order valence-corrected chi connectivity index (χ0v) is 33.1. The number of anilines is 3. The smallest absolute Gasteiger partial charge is 0.234 e. The number of hydrogen-bond donors (Lipinski definition) is 0. The highest BCUT2D eigenvalue weighted by molar-refractivity contribution is 5.86. The Hall–Kier alpha value is -6.58. The van der Waals surface area contributed by atoms with Gasteiger partial charge in [0.05, 0.1) is 0 Å². The van der Waals surface area contributed by atoms with Crippen LogP contribution in [0, 0.1) is 41.5 Å². The van der Waals surface area contributed by atoms with Crippen molar-refractivity contribution in [2.75, 3.05) is 4.90 Å². The van der Waals surface area contributed by atoms with E-state index in [-0.39, 0.29) is 5.92 Å². The zero-order valence-electron chi connectivity index (χ0n) is 33.1. The van der Waals surface area contributed by atoms with Crippen LogP contribution in [-0.4, -0.2) is 9.97 Å². The monoisotopic (exact) mass is 725 g/mol. The Morgan fingerprint density at radius 3 is 1.39 bits per heavy atom. The Balaban J connectivity index is 1.27. The molecule has 7 aromatic carbocycles. The summed E-state index contributed by atoms with van der Waals surface area (Å²) in [5.41, 5.74) is 20.6. The first kappa shape index (κ1) is 36.4. The molecule has 274 valence electrons. The fourth-order valence-electron chi connectivity index (χ4n) is 8.60. The van der Waals surface area contributed by atoms with Crippen molar-refractivity contribution >= 4 is 17.3 Å². The van der Waals surface area contributed by atoms with E-state index in [1.807, 2.05) is 30.6 Å². The van der Waals surface area contributed by atoms with Crippen molar-refractivity contribution in [3.05, 3.63) is 220 Å². The fourth-order valence-corrected chi connectivity index (χ4v) is 8.60. The maximum atomic E-state index is 5.01. The van der Waals surface area contributed by atoms with Crippen LogP contribution < -0.4 is 4.90 Å². The summed E-state index contributed by atoms with van der Waals surface area (Å²) in [5.74, 6) is 0.691. The van der Waals surface area contributed by atoms with E-state index in [4.69, 9.17) is 9.97 Å². The molecule has 8 rings (SSSR count). The molecular weight excluding hydrogens is 679 g/mol. The minimum Gasteiger partial charge on any atom is -0.279 e. The van der Waals surface area contributed by atoms with Gasteiger partial charge in [0.1, 0.15) is 0 Å². The van der Waals surface area contributed by atoms with Crippen molar-refractivity contribution in [2.45, 2.75) is 47.5 Å². The van der Waals surface area contributed by atoms with Crippen molar-refractivity contribution in [1.29, 1.82) is 0 Å². The average Bonchev–Trinajstić information content (AvgIpc) is 3.21. The van der Waals surface area contributed by atoms with Gasteiger partial charge in [-0.2, -0.15) is 0 Å². The number of aromatic nitrogens is 2. The molecule has 0 N–H and O–H groups in total. The Bertz CT molecular complexity index is 2520. The largest absolute Gasteiger partial charge is 0.279 e. The zero-order chi connectivity index (χ0) is 38.8. The molecule has 1 aromatic heterocycles. The number of hydrogen-bond acceptors (Lipinski definition) is 3. The summed E-state index contributed by atoms with van der Waals surface area (Å²) < 4.78 is 0. The molecule has 3 nitrogen and oxygen atoms in total. The topological polar surface area (TPSA) is 29.0 Å². The Morgan fingerprint density at radius 2 is 0.857 bits per heavy atom. The van der Waals surface area contributed by atoms with Crippen LogP contribution in [0.15, 0.2) is 170 Å². The molecule has 0 bridgehead atoms. The Labute approximate surface area is 332 Å². The molecule has 0 spiro atoms. The summed E-state index contributed by atoms with van der Waals surface area (Å²) in [5, 5.41) is 0. The number of aryl methyl sites for hydroxylation is 6. The highest BCUT2D eigenvalue weighted by atomic mass is 15.3. The molecule has 0 aliphatic carbocycles. The summed E-state index contributed by atoms with van der Waals surface area (Å²) in [4.78, 5) is 12.2. The number of rotatable bonds is 9. The molecule has 56 heavy (non-hydrogen) atoms. The van der Waals surface area contributed by atoms with Gasteiger partial charge in [0.2, 0.25) is 5.95 Å². The molecule has 1 heterocycles. The van der Waals surface area contributed by atoms with Gasteiger partial charge in [-0.1, -0.05) is 145 Å². The lowest BCUT2D eigenvalue weighted by molar-refractivity contribution is 0.919. The number of benzene rings is 7. The van der Waals surface area contributed by atoms with Gasteiger partial charge in [0, 0.05) is 35.2 Å². The van der Waals surface area contributed by atoms with Crippen molar-refractivity contribution in [3.63, 3.8) is 0 Å². The Morgan fingerprint density at radius 1 is 0.393 bits per heavy atom. The van der Waals surface area contributed by atoms with Crippen LogP contribution in [0.2, 0.25) is 0 Å². The highest BCUT2D eigenvalue weighted by Gasteiger charge is 2.25. The standard InChI is InChI=1S/C53H47N3/c1-35-28-37(3)50(38(4)29-35)52(51-39(5)30-36(2)31-40(51)6)43-24-26-46(27-25-43)56(53-54-33-45(34-55-53)41-16-9-7-10-17-41)47-21-15-20-44(32-47)49-23-14-13-22-48(49)42-18-11-8-12-19-42/h7-34,52H,1-6H3. The number of nitrogens with zero attached hydrogens (tertiary/aromatic N) is 3. The summed E-state index contributed by atoms with van der Waals surface area (Å²) in [6, 6.07) is 56.6. The third-order valence-corrected chi connectivity index (χ3v) is 10.9. The maximum absolute atomic E-state index is 5.01. The van der Waals surface area contributed by atoms with Crippen LogP contribution in [0.1, 0.15) is 56.0 Å². The second kappa shape index (κ2) is 15.6. The van der Waals surface area contributed by atoms with Crippen LogP contribution in [-0.2, 0) is 0 Å². The third kappa shape index (κ3) is 7.29. The van der Waals surface area contributed by atoms with Gasteiger partial charge in [-0.05, 0) is 133 Å². The van der Waals surface area contributed by atoms with E-state index in [1.165, 1.54) is 66.8 Å². The lowest BCUT2D eigenvalue weighted by Crippen LogP contribution is -2.14. The van der Waals surface area contributed by atoms with Gasteiger partial charge in [-0.15, -0.1) is 0 Å². The van der Waals surface area contributed by atoms with Gasteiger partial charge >= 0.3 is 0 Å². The fraction of sp³-hybridized carbons (Fsp3) is 0.132. The molecule has 0 radical (unpaired) electrons. The molecule has 0 unspecified atom stereocenters. The normalized spacial score (nSPS) is 11.2. The summed E-state index contributed by atoms with van der Waals surface area (Å²) >= 11 is 0. The van der Waals surface area contributed by atoms with Crippen molar-refractivity contribution in [1.82, 2.24) is 9.97 Å². The second-order valence-electron chi connectivity index (χ2n) is 15.1. The van der Waals surface area contributed by atoms with Gasteiger partial charge in [0.25, 0.3) is 0 Å². The van der Waals surface area contributed by atoms with Gasteiger partial charge in [0.15, 0.2) is 0 Å². The lowest BCUT2D eigenvalue weighted by Gasteiger charge is -2.28. The predicted octanol–water partition coefficient (Wildman–Crippen LogP) is 14.0. The van der Waals surface area contributed by atoms with E-state index in [1.54, 1.807) is 0 Å². The average molecular weight is 726 g/mol. The van der Waals surface area contributed by atoms with E-state index >= 15 is 0 Å². The molecule has 0 fully saturated rings. The van der Waals surface area contributed by atoms with Crippen molar-refractivity contribution < 1.29 is 0 Å². The molecular formula is C53H47N3. The van der Waals surface area contributed by atoms with Gasteiger partial charge < -0.3 is 0 Å². The Kier molecular flexibility index (Phi) is 10.2. The van der Waals surface area contributed by atoms with Crippen LogP contribution >= 0.6 is 0 Å². The van der Waals surface area contributed by atoms with Crippen LogP contribution in [0.25, 0.3) is 33.4 Å². The minimum absolute atomic E-state index is 0.0814. The van der Waals surface area contributed by atoms with Crippen molar-refractivity contribution in [2.24, 2.45) is 0 Å². The van der Waals surface area contributed by atoms with Crippen LogP contribution in [0.5, 0.6) is 0 Å². The molecule has 0 saturated carbocycles. The van der Waals surface area contributed by atoms with E-state index in [9.17, 15) is 0 Å².